The van der Waals surface area contributed by atoms with Crippen LogP contribution in [0.1, 0.15) is 64.4 Å². The zero-order chi connectivity index (χ0) is 20.2. The average molecular weight is 391 g/mol. The van der Waals surface area contributed by atoms with Crippen molar-refractivity contribution in [2.45, 2.75) is 77.5 Å². The third-order valence-corrected chi connectivity index (χ3v) is 4.83. The molecular formula is C22H34N2O4. The van der Waals surface area contributed by atoms with E-state index in [1.807, 2.05) is 18.2 Å². The number of carbonyl (C=O) groups is 2. The van der Waals surface area contributed by atoms with Gasteiger partial charge in [-0.15, -0.1) is 0 Å². The predicted octanol–water partition coefficient (Wildman–Crippen LogP) is 3.50. The fourth-order valence-electron chi connectivity index (χ4n) is 3.11. The molecule has 0 aliphatic carbocycles. The molecule has 0 saturated carbocycles. The van der Waals surface area contributed by atoms with E-state index in [-0.39, 0.29) is 11.8 Å². The van der Waals surface area contributed by atoms with Crippen molar-refractivity contribution in [3.8, 4) is 0 Å². The Morgan fingerprint density at radius 2 is 1.96 bits per heavy atom. The molecule has 0 aromatic heterocycles. The molecule has 0 bridgehead atoms. The molecule has 0 unspecified atom stereocenters. The number of carbonyl (C=O) groups excluding carboxylic acids is 2. The molecule has 2 N–H and O–H groups in total. The normalized spacial score (nSPS) is 17.9. The highest BCUT2D eigenvalue weighted by Gasteiger charge is 2.23. The van der Waals surface area contributed by atoms with E-state index < -0.39 is 12.3 Å². The van der Waals surface area contributed by atoms with Crippen molar-refractivity contribution in [1.82, 2.24) is 10.8 Å². The fraction of sp³-hybridized carbons (Fsp3) is 0.636. The third-order valence-electron chi connectivity index (χ3n) is 4.83. The van der Waals surface area contributed by atoms with Crippen LogP contribution in [0.15, 0.2) is 30.3 Å². The second kappa shape index (κ2) is 12.5. The number of hydrogen-bond acceptors (Lipinski definition) is 4. The molecule has 1 heterocycles. The maximum absolute atomic E-state index is 12.6. The van der Waals surface area contributed by atoms with Gasteiger partial charge in [0.25, 0.3) is 5.91 Å². The predicted molar refractivity (Wildman–Crippen MR) is 108 cm³/mol. The lowest BCUT2D eigenvalue weighted by Crippen LogP contribution is -2.48. The molecule has 2 rings (SSSR count). The number of aryl methyl sites for hydroxylation is 1. The Morgan fingerprint density at radius 3 is 2.64 bits per heavy atom. The topological polar surface area (TPSA) is 76.7 Å². The maximum atomic E-state index is 12.6. The average Bonchev–Trinajstić information content (AvgIpc) is 2.71. The fourth-order valence-corrected chi connectivity index (χ4v) is 3.11. The molecule has 6 nitrogen and oxygen atoms in total. The molecule has 1 aliphatic rings. The summed E-state index contributed by atoms with van der Waals surface area (Å²) in [5.74, 6) is 0.0329. The van der Waals surface area contributed by atoms with Gasteiger partial charge in [-0.25, -0.2) is 10.3 Å². The van der Waals surface area contributed by atoms with Crippen molar-refractivity contribution < 1.29 is 19.2 Å². The third kappa shape index (κ3) is 8.85. The molecule has 156 valence electrons. The smallest absolute Gasteiger partial charge is 0.266 e. The van der Waals surface area contributed by atoms with E-state index in [2.05, 4.69) is 36.8 Å². The lowest BCUT2D eigenvalue weighted by molar-refractivity contribution is -0.201. The molecule has 28 heavy (non-hydrogen) atoms. The summed E-state index contributed by atoms with van der Waals surface area (Å²) in [6, 6.07) is 9.53. The van der Waals surface area contributed by atoms with E-state index in [9.17, 15) is 9.59 Å². The zero-order valence-electron chi connectivity index (χ0n) is 17.1. The van der Waals surface area contributed by atoms with Crippen LogP contribution in [0.4, 0.5) is 0 Å². The second-order valence-electron chi connectivity index (χ2n) is 7.81. The molecule has 1 aliphatic heterocycles. The Balaban J connectivity index is 1.84. The molecule has 0 spiro atoms. The first kappa shape index (κ1) is 22.4. The summed E-state index contributed by atoms with van der Waals surface area (Å²) in [5.41, 5.74) is 3.71. The highest BCUT2D eigenvalue weighted by molar-refractivity contribution is 5.87. The van der Waals surface area contributed by atoms with Crippen LogP contribution >= 0.6 is 0 Å². The minimum atomic E-state index is -0.605. The highest BCUT2D eigenvalue weighted by atomic mass is 16.8. The standard InChI is InChI=1S/C22H34N2O4/c1-17(2)14-15-20(25)23-19(12-8-11-18-9-4-3-5-10-18)22(26)24-28-21-13-6-7-16-27-21/h3-5,9-10,17,19,21H,6-8,11-16H2,1-2H3,(H,23,25)(H,24,26)/t19-,21+/m0/s1. The number of nitrogens with one attached hydrogen (secondary N) is 2. The van der Waals surface area contributed by atoms with Gasteiger partial charge in [0.2, 0.25) is 5.91 Å². The minimum Gasteiger partial charge on any atom is -0.350 e. The number of hydrogen-bond donors (Lipinski definition) is 2. The summed E-state index contributed by atoms with van der Waals surface area (Å²) in [6.45, 7) is 4.80. The van der Waals surface area contributed by atoms with Gasteiger partial charge >= 0.3 is 0 Å². The first-order valence-electron chi connectivity index (χ1n) is 10.4. The molecule has 1 fully saturated rings. The van der Waals surface area contributed by atoms with Crippen LogP contribution in [0.25, 0.3) is 0 Å². The summed E-state index contributed by atoms with van der Waals surface area (Å²) in [6.07, 6.45) is 5.84. The van der Waals surface area contributed by atoms with Crippen molar-refractivity contribution in [2.75, 3.05) is 6.61 Å². The molecule has 1 saturated heterocycles. The Bertz CT molecular complexity index is 585. The number of rotatable bonds is 11. The van der Waals surface area contributed by atoms with Crippen LogP contribution in [0.3, 0.4) is 0 Å². The molecule has 2 amide bonds. The maximum Gasteiger partial charge on any atom is 0.266 e. The number of benzene rings is 1. The first-order valence-corrected chi connectivity index (χ1v) is 10.4. The Morgan fingerprint density at radius 1 is 1.18 bits per heavy atom. The second-order valence-corrected chi connectivity index (χ2v) is 7.81. The summed E-state index contributed by atoms with van der Waals surface area (Å²) in [7, 11) is 0. The van der Waals surface area contributed by atoms with Gasteiger partial charge in [0.15, 0.2) is 6.29 Å². The van der Waals surface area contributed by atoms with Crippen molar-refractivity contribution in [3.05, 3.63) is 35.9 Å². The van der Waals surface area contributed by atoms with Gasteiger partial charge in [-0.3, -0.25) is 9.59 Å². The Hall–Kier alpha value is -1.92. The van der Waals surface area contributed by atoms with Crippen LogP contribution in [0, 0.1) is 5.92 Å². The minimum absolute atomic E-state index is 0.0949. The first-order chi connectivity index (χ1) is 13.5. The van der Waals surface area contributed by atoms with E-state index >= 15 is 0 Å². The molecule has 0 radical (unpaired) electrons. The van der Waals surface area contributed by atoms with Crippen LogP contribution in [0.2, 0.25) is 0 Å². The molecule has 1 aromatic rings. The lowest BCUT2D eigenvalue weighted by atomic mass is 10.0. The van der Waals surface area contributed by atoms with E-state index in [1.54, 1.807) is 0 Å². The van der Waals surface area contributed by atoms with Gasteiger partial charge in [0.05, 0.1) is 0 Å². The zero-order valence-corrected chi connectivity index (χ0v) is 17.1. The summed E-state index contributed by atoms with van der Waals surface area (Å²) in [5, 5.41) is 2.87. The van der Waals surface area contributed by atoms with Gasteiger partial charge in [-0.1, -0.05) is 44.2 Å². The van der Waals surface area contributed by atoms with Gasteiger partial charge in [0.1, 0.15) is 6.04 Å². The highest BCUT2D eigenvalue weighted by Crippen LogP contribution is 2.13. The largest absolute Gasteiger partial charge is 0.350 e. The monoisotopic (exact) mass is 390 g/mol. The summed E-state index contributed by atoms with van der Waals surface area (Å²) in [4.78, 5) is 30.2. The number of hydroxylamine groups is 1. The van der Waals surface area contributed by atoms with Gasteiger partial charge in [-0.2, -0.15) is 0 Å². The lowest BCUT2D eigenvalue weighted by Gasteiger charge is -2.24. The van der Waals surface area contributed by atoms with Crippen molar-refractivity contribution in [3.63, 3.8) is 0 Å². The SMILES string of the molecule is CC(C)CCC(=O)N[C@@H](CCCc1ccccc1)C(=O)NO[C@@H]1CCCCO1. The van der Waals surface area contributed by atoms with Crippen LogP contribution in [0.5, 0.6) is 0 Å². The van der Waals surface area contributed by atoms with Gasteiger partial charge in [0, 0.05) is 19.4 Å². The number of amides is 2. The quantitative estimate of drug-likeness (QED) is 0.567. The summed E-state index contributed by atoms with van der Waals surface area (Å²) < 4.78 is 5.47. The van der Waals surface area contributed by atoms with Crippen molar-refractivity contribution in [2.24, 2.45) is 5.92 Å². The van der Waals surface area contributed by atoms with Crippen molar-refractivity contribution in [1.29, 1.82) is 0 Å². The molecule has 6 heteroatoms. The van der Waals surface area contributed by atoms with Crippen molar-refractivity contribution >= 4 is 11.8 Å². The van der Waals surface area contributed by atoms with Crippen LogP contribution in [-0.4, -0.2) is 30.8 Å². The Kier molecular flexibility index (Phi) is 10.0. The molecular weight excluding hydrogens is 356 g/mol. The van der Waals surface area contributed by atoms with E-state index in [0.717, 1.165) is 38.5 Å². The van der Waals surface area contributed by atoms with E-state index in [1.165, 1.54) is 5.56 Å². The molecule has 1 aromatic carbocycles. The van der Waals surface area contributed by atoms with E-state index in [0.29, 0.717) is 25.4 Å². The number of ether oxygens (including phenoxy) is 1. The molecule has 2 atom stereocenters. The van der Waals surface area contributed by atoms with Gasteiger partial charge < -0.3 is 10.1 Å². The Labute approximate surface area is 168 Å². The van der Waals surface area contributed by atoms with E-state index in [4.69, 9.17) is 9.57 Å². The van der Waals surface area contributed by atoms with Gasteiger partial charge in [-0.05, 0) is 50.0 Å². The van der Waals surface area contributed by atoms with Crippen LogP contribution < -0.4 is 10.8 Å². The van der Waals surface area contributed by atoms with Crippen LogP contribution in [-0.2, 0) is 25.6 Å². The summed E-state index contributed by atoms with van der Waals surface area (Å²) >= 11 is 0.